The second-order valence-corrected chi connectivity index (χ2v) is 6.79. The molecular weight excluding hydrogens is 434 g/mol. The second kappa shape index (κ2) is 14.7. The number of rotatable bonds is 16. The maximum atomic E-state index is 12.4. The van der Waals surface area contributed by atoms with Crippen LogP contribution in [-0.4, -0.2) is 93.4 Å². The Morgan fingerprint density at radius 1 is 0.719 bits per heavy atom. The highest BCUT2D eigenvalue weighted by molar-refractivity contribution is 5.96. The number of aliphatic carboxylic acids is 3. The third-order valence-electron chi connectivity index (χ3n) is 4.13. The molecule has 0 aromatic rings. The molecule has 0 aromatic carbocycles. The predicted octanol–water partition coefficient (Wildman–Crippen LogP) is -4.08. The molecule has 0 spiro atoms. The minimum Gasteiger partial charge on any atom is -0.481 e. The Bertz CT molecular complexity index is 701. The molecular formula is C17H29N5O10. The summed E-state index contributed by atoms with van der Waals surface area (Å²) in [7, 11) is 0. The summed E-state index contributed by atoms with van der Waals surface area (Å²) < 4.78 is 0. The van der Waals surface area contributed by atoms with Crippen LogP contribution in [-0.2, 0) is 28.8 Å². The summed E-state index contributed by atoms with van der Waals surface area (Å²) in [6.07, 6.45) is -0.482. The molecule has 0 fully saturated rings. The zero-order chi connectivity index (χ0) is 24.8. The van der Waals surface area contributed by atoms with Crippen molar-refractivity contribution in [3.8, 4) is 0 Å². The number of carboxylic acids is 3. The van der Waals surface area contributed by atoms with E-state index in [4.69, 9.17) is 26.8 Å². The zero-order valence-corrected chi connectivity index (χ0v) is 17.2. The molecule has 11 N–H and O–H groups in total. The predicted molar refractivity (Wildman–Crippen MR) is 106 cm³/mol. The summed E-state index contributed by atoms with van der Waals surface area (Å²) in [5.41, 5.74) is 11.0. The molecule has 0 aliphatic rings. The number of nitrogens with one attached hydrogen (secondary N) is 3. The first-order valence-electron chi connectivity index (χ1n) is 9.56. The van der Waals surface area contributed by atoms with Crippen LogP contribution in [0.4, 0.5) is 0 Å². The lowest BCUT2D eigenvalue weighted by Gasteiger charge is -2.23. The van der Waals surface area contributed by atoms with Crippen molar-refractivity contribution in [3.05, 3.63) is 0 Å². The first-order chi connectivity index (χ1) is 14.9. The van der Waals surface area contributed by atoms with Gasteiger partial charge in [0, 0.05) is 0 Å². The standard InChI is InChI=1S/C17H29N5O10/c18-4-2-1-3-8(19)14(28)20-9(5-12(24)25)15(29)22-11(7-23)16(30)21-10(17(31)32)6-13(26)27/h8-11,23H,1-7,18-19H2,(H,20,28)(H,21,30)(H,22,29)(H,24,25)(H,26,27)(H,31,32). The molecule has 0 aliphatic carbocycles. The van der Waals surface area contributed by atoms with Gasteiger partial charge in [-0.15, -0.1) is 0 Å². The summed E-state index contributed by atoms with van der Waals surface area (Å²) in [4.78, 5) is 69.5. The van der Waals surface area contributed by atoms with Gasteiger partial charge in [-0.3, -0.25) is 24.0 Å². The van der Waals surface area contributed by atoms with Gasteiger partial charge in [-0.2, -0.15) is 0 Å². The van der Waals surface area contributed by atoms with Gasteiger partial charge in [-0.05, 0) is 19.4 Å². The molecule has 4 atom stereocenters. The third kappa shape index (κ3) is 11.2. The Labute approximate surface area is 182 Å². The minimum atomic E-state index is -1.84. The number of carbonyl (C=O) groups is 6. The van der Waals surface area contributed by atoms with Crippen molar-refractivity contribution in [2.45, 2.75) is 56.3 Å². The highest BCUT2D eigenvalue weighted by Crippen LogP contribution is 2.02. The molecule has 0 radical (unpaired) electrons. The Morgan fingerprint density at radius 3 is 1.66 bits per heavy atom. The SMILES string of the molecule is NCCCCC(N)C(=O)NC(CC(=O)O)C(=O)NC(CO)C(=O)NC(CC(=O)O)C(=O)O. The number of hydrogen-bond acceptors (Lipinski definition) is 9. The van der Waals surface area contributed by atoms with Crippen molar-refractivity contribution in [2.75, 3.05) is 13.2 Å². The highest BCUT2D eigenvalue weighted by Gasteiger charge is 2.31. The summed E-state index contributed by atoms with van der Waals surface area (Å²) >= 11 is 0. The first kappa shape index (κ1) is 28.7. The van der Waals surface area contributed by atoms with Crippen molar-refractivity contribution in [1.29, 1.82) is 0 Å². The van der Waals surface area contributed by atoms with Gasteiger partial charge >= 0.3 is 17.9 Å². The van der Waals surface area contributed by atoms with Crippen LogP contribution in [0.2, 0.25) is 0 Å². The Kier molecular flexibility index (Phi) is 13.1. The molecule has 0 saturated carbocycles. The van der Waals surface area contributed by atoms with Crippen LogP contribution in [0.1, 0.15) is 32.1 Å². The molecule has 0 bridgehead atoms. The smallest absolute Gasteiger partial charge is 0.326 e. The van der Waals surface area contributed by atoms with Gasteiger partial charge in [-0.1, -0.05) is 6.42 Å². The van der Waals surface area contributed by atoms with Crippen molar-refractivity contribution in [1.82, 2.24) is 16.0 Å². The van der Waals surface area contributed by atoms with E-state index in [1.165, 1.54) is 0 Å². The monoisotopic (exact) mass is 463 g/mol. The summed E-state index contributed by atoms with van der Waals surface area (Å²) in [6.45, 7) is -0.637. The van der Waals surface area contributed by atoms with Crippen LogP contribution in [0.25, 0.3) is 0 Å². The van der Waals surface area contributed by atoms with E-state index in [2.05, 4.69) is 5.32 Å². The van der Waals surface area contributed by atoms with E-state index in [1.54, 1.807) is 0 Å². The fourth-order valence-corrected chi connectivity index (χ4v) is 2.42. The quantitative estimate of drug-likeness (QED) is 0.0988. The van der Waals surface area contributed by atoms with E-state index in [1.807, 2.05) is 10.6 Å². The largest absolute Gasteiger partial charge is 0.481 e. The number of aliphatic hydroxyl groups excluding tert-OH is 1. The fraction of sp³-hybridized carbons (Fsp3) is 0.647. The van der Waals surface area contributed by atoms with Crippen LogP contribution in [0, 0.1) is 0 Å². The summed E-state index contributed by atoms with van der Waals surface area (Å²) in [5.74, 6) is -7.85. The number of aliphatic hydroxyl groups is 1. The Hall–Kier alpha value is -3.30. The number of hydrogen-bond donors (Lipinski definition) is 9. The fourth-order valence-electron chi connectivity index (χ4n) is 2.42. The van der Waals surface area contributed by atoms with Gasteiger partial charge in [0.2, 0.25) is 17.7 Å². The highest BCUT2D eigenvalue weighted by atomic mass is 16.4. The van der Waals surface area contributed by atoms with E-state index in [0.29, 0.717) is 19.4 Å². The second-order valence-electron chi connectivity index (χ2n) is 6.79. The van der Waals surface area contributed by atoms with E-state index in [0.717, 1.165) is 0 Å². The van der Waals surface area contributed by atoms with E-state index in [9.17, 15) is 33.9 Å². The lowest BCUT2D eigenvalue weighted by Crippen LogP contribution is -2.58. The Balaban J connectivity index is 5.20. The first-order valence-corrected chi connectivity index (χ1v) is 9.56. The van der Waals surface area contributed by atoms with Crippen LogP contribution < -0.4 is 27.4 Å². The lowest BCUT2D eigenvalue weighted by molar-refractivity contribution is -0.147. The normalized spacial score (nSPS) is 14.3. The van der Waals surface area contributed by atoms with Gasteiger partial charge < -0.3 is 47.8 Å². The molecule has 0 aliphatic heterocycles. The number of unbranched alkanes of at least 4 members (excludes halogenated alkanes) is 1. The van der Waals surface area contributed by atoms with Gasteiger partial charge in [0.25, 0.3) is 0 Å². The Morgan fingerprint density at radius 2 is 1.19 bits per heavy atom. The van der Waals surface area contributed by atoms with Crippen LogP contribution >= 0.6 is 0 Å². The van der Waals surface area contributed by atoms with Crippen molar-refractivity contribution < 1.29 is 49.2 Å². The van der Waals surface area contributed by atoms with Crippen LogP contribution in [0.3, 0.4) is 0 Å². The number of carbonyl (C=O) groups excluding carboxylic acids is 3. The molecule has 15 nitrogen and oxygen atoms in total. The van der Waals surface area contributed by atoms with E-state index in [-0.39, 0.29) is 6.42 Å². The van der Waals surface area contributed by atoms with E-state index < -0.39 is 79.2 Å². The lowest BCUT2D eigenvalue weighted by atomic mass is 10.1. The average molecular weight is 463 g/mol. The molecule has 0 aromatic heterocycles. The maximum Gasteiger partial charge on any atom is 0.326 e. The molecule has 0 saturated heterocycles. The minimum absolute atomic E-state index is 0.228. The van der Waals surface area contributed by atoms with Crippen LogP contribution in [0.5, 0.6) is 0 Å². The van der Waals surface area contributed by atoms with Crippen molar-refractivity contribution in [2.24, 2.45) is 11.5 Å². The molecule has 0 heterocycles. The number of amides is 3. The van der Waals surface area contributed by atoms with Gasteiger partial charge in [-0.25, -0.2) is 4.79 Å². The molecule has 3 amide bonds. The zero-order valence-electron chi connectivity index (χ0n) is 17.2. The maximum absolute atomic E-state index is 12.4. The third-order valence-corrected chi connectivity index (χ3v) is 4.13. The van der Waals surface area contributed by atoms with Crippen LogP contribution in [0.15, 0.2) is 0 Å². The molecule has 15 heteroatoms. The van der Waals surface area contributed by atoms with Crippen molar-refractivity contribution >= 4 is 35.6 Å². The van der Waals surface area contributed by atoms with Crippen molar-refractivity contribution in [3.63, 3.8) is 0 Å². The molecule has 0 rings (SSSR count). The molecule has 182 valence electrons. The molecule has 4 unspecified atom stereocenters. The summed E-state index contributed by atoms with van der Waals surface area (Å²) in [6, 6.07) is -6.29. The van der Waals surface area contributed by atoms with Gasteiger partial charge in [0.1, 0.15) is 18.1 Å². The summed E-state index contributed by atoms with van der Waals surface area (Å²) in [5, 5.41) is 42.0. The number of carboxylic acid groups (broad SMARTS) is 3. The number of nitrogens with two attached hydrogens (primary N) is 2. The molecule has 32 heavy (non-hydrogen) atoms. The average Bonchev–Trinajstić information content (AvgIpc) is 2.69. The van der Waals surface area contributed by atoms with Gasteiger partial charge in [0.05, 0.1) is 25.5 Å². The van der Waals surface area contributed by atoms with Gasteiger partial charge in [0.15, 0.2) is 0 Å². The topological polar surface area (TPSA) is 271 Å². The van der Waals surface area contributed by atoms with E-state index >= 15 is 0 Å².